The monoisotopic (exact) mass is 389 g/mol. The molecule has 0 amide bonds. The van der Waals surface area contributed by atoms with Crippen molar-refractivity contribution in [3.8, 4) is 0 Å². The molecule has 0 aromatic heterocycles. The molecule has 0 aromatic rings. The second kappa shape index (κ2) is 9.78. The van der Waals surface area contributed by atoms with Crippen molar-refractivity contribution in [3.63, 3.8) is 0 Å². The van der Waals surface area contributed by atoms with E-state index in [0.29, 0.717) is 6.04 Å². The fraction of sp³-hybridized carbons (Fsp3) is 0.880. The van der Waals surface area contributed by atoms with E-state index in [0.717, 1.165) is 48.6 Å². The second-order valence-corrected chi connectivity index (χ2v) is 10.7. The predicted molar refractivity (Wildman–Crippen MR) is 116 cm³/mol. The van der Waals surface area contributed by atoms with Crippen molar-refractivity contribution < 1.29 is 9.53 Å². The van der Waals surface area contributed by atoms with Crippen LogP contribution in [0.1, 0.15) is 91.9 Å². The van der Waals surface area contributed by atoms with Gasteiger partial charge in [0, 0.05) is 24.2 Å². The first kappa shape index (κ1) is 21.9. The first-order chi connectivity index (χ1) is 13.4. The Bertz CT molecular complexity index is 479. The van der Waals surface area contributed by atoms with Gasteiger partial charge in [-0.2, -0.15) is 0 Å². The lowest BCUT2D eigenvalue weighted by molar-refractivity contribution is -0.145. The van der Waals surface area contributed by atoms with Gasteiger partial charge < -0.3 is 4.74 Å². The van der Waals surface area contributed by atoms with Crippen molar-refractivity contribution in [2.45, 2.75) is 116 Å². The van der Waals surface area contributed by atoms with E-state index in [2.05, 4.69) is 39.2 Å². The minimum atomic E-state index is -0.259. The topological polar surface area (TPSA) is 29.5 Å². The normalized spacial score (nSPS) is 42.2. The van der Waals surface area contributed by atoms with Gasteiger partial charge in [-0.15, -0.1) is 0 Å². The maximum Gasteiger partial charge on any atom is 0.330 e. The van der Waals surface area contributed by atoms with E-state index in [4.69, 9.17) is 4.74 Å². The van der Waals surface area contributed by atoms with Crippen LogP contribution in [0.15, 0.2) is 12.7 Å². The zero-order valence-corrected chi connectivity index (χ0v) is 18.7. The highest BCUT2D eigenvalue weighted by Crippen LogP contribution is 2.41. The van der Waals surface area contributed by atoms with E-state index < -0.39 is 0 Å². The van der Waals surface area contributed by atoms with E-state index in [1.807, 2.05) is 0 Å². The molecule has 4 atom stereocenters. The number of rotatable bonds is 5. The van der Waals surface area contributed by atoms with Gasteiger partial charge in [0.2, 0.25) is 0 Å². The third-order valence-corrected chi connectivity index (χ3v) is 7.67. The quantitative estimate of drug-likeness (QED) is 0.428. The molecule has 0 aliphatic heterocycles. The summed E-state index contributed by atoms with van der Waals surface area (Å²) in [4.78, 5) is 14.6. The number of carbonyl (C=O) groups is 1. The molecule has 0 heterocycles. The average molecular weight is 390 g/mol. The molecule has 3 fully saturated rings. The highest BCUT2D eigenvalue weighted by atomic mass is 16.5. The molecule has 4 unspecified atom stereocenters. The molecule has 160 valence electrons. The van der Waals surface area contributed by atoms with Crippen LogP contribution in [0.4, 0.5) is 0 Å². The summed E-state index contributed by atoms with van der Waals surface area (Å²) >= 11 is 0. The lowest BCUT2D eigenvalue weighted by Crippen LogP contribution is -2.54. The molecule has 28 heavy (non-hydrogen) atoms. The summed E-state index contributed by atoms with van der Waals surface area (Å²) in [5.41, 5.74) is 0. The smallest absolute Gasteiger partial charge is 0.330 e. The summed E-state index contributed by atoms with van der Waals surface area (Å²) < 4.78 is 5.55. The summed E-state index contributed by atoms with van der Waals surface area (Å²) in [6.07, 6.45) is 14.0. The number of carbonyl (C=O) groups excluding carboxylic acids is 1. The highest BCUT2D eigenvalue weighted by molar-refractivity contribution is 5.81. The van der Waals surface area contributed by atoms with Crippen molar-refractivity contribution in [2.24, 2.45) is 23.7 Å². The SMILES string of the molecule is C=CC(=O)OC1CCC(N(C2CC(C)CC(C)C2)C2CC(C)CC(C)C2)CC1. The lowest BCUT2D eigenvalue weighted by atomic mass is 9.74. The van der Waals surface area contributed by atoms with Crippen molar-refractivity contribution in [1.29, 1.82) is 0 Å². The van der Waals surface area contributed by atoms with Crippen LogP contribution in [-0.4, -0.2) is 35.1 Å². The molecule has 0 N–H and O–H groups in total. The van der Waals surface area contributed by atoms with Gasteiger partial charge >= 0.3 is 5.97 Å². The molecular formula is C25H43NO2. The molecule has 3 aliphatic carbocycles. The van der Waals surface area contributed by atoms with Crippen LogP contribution in [0.2, 0.25) is 0 Å². The molecular weight excluding hydrogens is 346 g/mol. The molecule has 3 heteroatoms. The molecule has 3 nitrogen and oxygen atoms in total. The van der Waals surface area contributed by atoms with Gasteiger partial charge in [0.15, 0.2) is 0 Å². The van der Waals surface area contributed by atoms with Crippen molar-refractivity contribution in [3.05, 3.63) is 12.7 Å². The average Bonchev–Trinajstić information content (AvgIpc) is 2.61. The molecule has 3 rings (SSSR count). The molecule has 0 radical (unpaired) electrons. The zero-order chi connectivity index (χ0) is 20.3. The maximum absolute atomic E-state index is 11.6. The van der Waals surface area contributed by atoms with Gasteiger partial charge in [-0.1, -0.05) is 34.3 Å². The first-order valence-corrected chi connectivity index (χ1v) is 12.0. The Balaban J connectivity index is 1.71. The number of esters is 1. The van der Waals surface area contributed by atoms with Crippen molar-refractivity contribution in [2.75, 3.05) is 0 Å². The maximum atomic E-state index is 11.6. The summed E-state index contributed by atoms with van der Waals surface area (Å²) in [5, 5.41) is 0. The zero-order valence-electron chi connectivity index (χ0n) is 18.7. The van der Waals surface area contributed by atoms with Crippen molar-refractivity contribution in [1.82, 2.24) is 4.90 Å². The molecule has 0 spiro atoms. The molecule has 0 bridgehead atoms. The third-order valence-electron chi connectivity index (χ3n) is 7.67. The molecule has 0 aromatic carbocycles. The van der Waals surface area contributed by atoms with Crippen LogP contribution in [0, 0.1) is 23.7 Å². The van der Waals surface area contributed by atoms with Gasteiger partial charge in [0.25, 0.3) is 0 Å². The Kier molecular flexibility index (Phi) is 7.64. The van der Waals surface area contributed by atoms with Gasteiger partial charge in [0.1, 0.15) is 6.10 Å². The Morgan fingerprint density at radius 3 is 1.57 bits per heavy atom. The van der Waals surface area contributed by atoms with Crippen LogP contribution >= 0.6 is 0 Å². The summed E-state index contributed by atoms with van der Waals surface area (Å²) in [6, 6.07) is 2.17. The molecule has 3 saturated carbocycles. The van der Waals surface area contributed by atoms with Crippen LogP contribution in [0.25, 0.3) is 0 Å². The highest BCUT2D eigenvalue weighted by Gasteiger charge is 2.40. The number of ether oxygens (including phenoxy) is 1. The van der Waals surface area contributed by atoms with Gasteiger partial charge in [-0.25, -0.2) is 4.79 Å². The fourth-order valence-corrected chi connectivity index (χ4v) is 6.86. The minimum Gasteiger partial charge on any atom is -0.459 e. The van der Waals surface area contributed by atoms with E-state index in [1.165, 1.54) is 57.4 Å². The van der Waals surface area contributed by atoms with E-state index in [-0.39, 0.29) is 12.1 Å². The third kappa shape index (κ3) is 5.62. The summed E-state index contributed by atoms with van der Waals surface area (Å²) in [6.45, 7) is 13.4. The fourth-order valence-electron chi connectivity index (χ4n) is 6.86. The molecule has 3 aliphatic rings. The Hall–Kier alpha value is -0.830. The number of hydrogen-bond acceptors (Lipinski definition) is 3. The van der Waals surface area contributed by atoms with Gasteiger partial charge in [-0.05, 0) is 87.9 Å². The predicted octanol–water partition coefficient (Wildman–Crippen LogP) is 5.98. The Labute approximate surface area is 173 Å². The standard InChI is InChI=1S/C25H43NO2/c1-6-25(27)28-24-9-7-21(8-10-24)26(22-13-17(2)11-18(3)14-22)23-15-19(4)12-20(5)16-23/h6,17-24H,1,7-16H2,2-5H3. The van der Waals surface area contributed by atoms with Gasteiger partial charge in [-0.3, -0.25) is 4.90 Å². The van der Waals surface area contributed by atoms with Gasteiger partial charge in [0.05, 0.1) is 0 Å². The lowest BCUT2D eigenvalue weighted by Gasteiger charge is -2.51. The number of nitrogens with zero attached hydrogens (tertiary/aromatic N) is 1. The van der Waals surface area contributed by atoms with Crippen molar-refractivity contribution >= 4 is 5.97 Å². The van der Waals surface area contributed by atoms with Crippen LogP contribution in [0.3, 0.4) is 0 Å². The summed E-state index contributed by atoms with van der Waals surface area (Å²) in [5.74, 6) is 3.13. The number of hydrogen-bond donors (Lipinski definition) is 0. The van der Waals surface area contributed by atoms with Crippen LogP contribution in [0.5, 0.6) is 0 Å². The van der Waals surface area contributed by atoms with E-state index in [9.17, 15) is 4.79 Å². The minimum absolute atomic E-state index is 0.0945. The second-order valence-electron chi connectivity index (χ2n) is 10.7. The largest absolute Gasteiger partial charge is 0.459 e. The van der Waals surface area contributed by atoms with Crippen LogP contribution in [-0.2, 0) is 9.53 Å². The first-order valence-electron chi connectivity index (χ1n) is 12.0. The molecule has 0 saturated heterocycles. The van der Waals surface area contributed by atoms with E-state index in [1.54, 1.807) is 0 Å². The van der Waals surface area contributed by atoms with Crippen LogP contribution < -0.4 is 0 Å². The Morgan fingerprint density at radius 1 is 0.750 bits per heavy atom. The summed E-state index contributed by atoms with van der Waals surface area (Å²) in [7, 11) is 0. The Morgan fingerprint density at radius 2 is 1.18 bits per heavy atom. The van der Waals surface area contributed by atoms with E-state index >= 15 is 0 Å².